The lowest BCUT2D eigenvalue weighted by Gasteiger charge is -2.09. The van der Waals surface area contributed by atoms with Crippen molar-refractivity contribution in [3.8, 4) is 0 Å². The number of benzene rings is 2. The van der Waals surface area contributed by atoms with E-state index in [-0.39, 0.29) is 17.7 Å². The summed E-state index contributed by atoms with van der Waals surface area (Å²) in [6, 6.07) is 14.8. The van der Waals surface area contributed by atoms with Crippen molar-refractivity contribution in [2.45, 2.75) is 6.92 Å². The largest absolute Gasteiger partial charge is 0.462 e. The lowest BCUT2D eigenvalue weighted by molar-refractivity contribution is -0.136. The third kappa shape index (κ3) is 3.70. The van der Waals surface area contributed by atoms with Crippen LogP contribution in [0.1, 0.15) is 18.1 Å². The van der Waals surface area contributed by atoms with E-state index in [9.17, 15) is 9.18 Å². The Balaban J connectivity index is 2.54. The lowest BCUT2D eigenvalue weighted by atomic mass is 10.0. The molecular formula is C17H14ClFO2. The Bertz CT molecular complexity index is 648. The minimum atomic E-state index is -0.684. The maximum absolute atomic E-state index is 14.7. The Hall–Kier alpha value is -2.13. The summed E-state index contributed by atoms with van der Waals surface area (Å²) in [5, 5.41) is 0.504. The summed E-state index contributed by atoms with van der Waals surface area (Å²) in [4.78, 5) is 12.1. The van der Waals surface area contributed by atoms with Crippen molar-refractivity contribution in [2.24, 2.45) is 0 Å². The van der Waals surface area contributed by atoms with Gasteiger partial charge < -0.3 is 4.74 Å². The topological polar surface area (TPSA) is 26.3 Å². The Kier molecular flexibility index (Phi) is 5.12. The van der Waals surface area contributed by atoms with Crippen molar-refractivity contribution in [1.29, 1.82) is 0 Å². The fourth-order valence-electron chi connectivity index (χ4n) is 1.88. The van der Waals surface area contributed by atoms with E-state index in [1.807, 2.05) is 0 Å². The van der Waals surface area contributed by atoms with Crippen LogP contribution in [-0.2, 0) is 9.53 Å². The van der Waals surface area contributed by atoms with E-state index in [2.05, 4.69) is 0 Å². The van der Waals surface area contributed by atoms with Gasteiger partial charge in [-0.25, -0.2) is 9.18 Å². The summed E-state index contributed by atoms with van der Waals surface area (Å²) < 4.78 is 19.7. The second-order valence-electron chi connectivity index (χ2n) is 4.28. The predicted molar refractivity (Wildman–Crippen MR) is 82.4 cm³/mol. The summed E-state index contributed by atoms with van der Waals surface area (Å²) in [5.74, 6) is -1.31. The van der Waals surface area contributed by atoms with E-state index in [0.29, 0.717) is 10.6 Å². The SMILES string of the molecule is CCOC(=O)/C(=C(/F)c1ccc(Cl)cc1)c1ccccc1. The van der Waals surface area contributed by atoms with Crippen molar-refractivity contribution in [2.75, 3.05) is 6.61 Å². The number of carbonyl (C=O) groups is 1. The molecule has 0 spiro atoms. The van der Waals surface area contributed by atoms with Crippen LogP contribution in [-0.4, -0.2) is 12.6 Å². The molecule has 0 fully saturated rings. The third-order valence-corrected chi connectivity index (χ3v) is 3.11. The highest BCUT2D eigenvalue weighted by Crippen LogP contribution is 2.29. The number of halogens is 2. The average Bonchev–Trinajstić information content (AvgIpc) is 2.49. The van der Waals surface area contributed by atoms with Crippen molar-refractivity contribution in [3.63, 3.8) is 0 Å². The van der Waals surface area contributed by atoms with Crippen LogP contribution in [0.2, 0.25) is 5.02 Å². The Morgan fingerprint density at radius 1 is 1.05 bits per heavy atom. The highest BCUT2D eigenvalue weighted by Gasteiger charge is 2.20. The Morgan fingerprint density at radius 2 is 1.67 bits per heavy atom. The molecule has 0 saturated carbocycles. The molecule has 0 heterocycles. The van der Waals surface area contributed by atoms with Crippen LogP contribution < -0.4 is 0 Å². The zero-order valence-corrected chi connectivity index (χ0v) is 12.2. The first-order valence-electron chi connectivity index (χ1n) is 6.51. The molecule has 0 N–H and O–H groups in total. The van der Waals surface area contributed by atoms with Crippen molar-refractivity contribution in [1.82, 2.24) is 0 Å². The zero-order valence-electron chi connectivity index (χ0n) is 11.5. The van der Waals surface area contributed by atoms with Gasteiger partial charge in [-0.15, -0.1) is 0 Å². The summed E-state index contributed by atoms with van der Waals surface area (Å²) in [6.07, 6.45) is 0. The van der Waals surface area contributed by atoms with Crippen LogP contribution in [0.4, 0.5) is 4.39 Å². The molecule has 21 heavy (non-hydrogen) atoms. The molecule has 0 aromatic heterocycles. The van der Waals surface area contributed by atoms with Gasteiger partial charge in [-0.1, -0.05) is 54.1 Å². The number of esters is 1. The number of hydrogen-bond donors (Lipinski definition) is 0. The van der Waals surface area contributed by atoms with Gasteiger partial charge in [0, 0.05) is 10.6 Å². The molecule has 0 aliphatic heterocycles. The van der Waals surface area contributed by atoms with Crippen LogP contribution in [0.3, 0.4) is 0 Å². The molecule has 0 aliphatic carbocycles. The minimum absolute atomic E-state index is 0.0835. The summed E-state index contributed by atoms with van der Waals surface area (Å²) in [7, 11) is 0. The Labute approximate surface area is 127 Å². The molecule has 0 bridgehead atoms. The highest BCUT2D eigenvalue weighted by molar-refractivity contribution is 6.30. The molecule has 108 valence electrons. The fraction of sp³-hybridized carbons (Fsp3) is 0.118. The van der Waals surface area contributed by atoms with E-state index in [0.717, 1.165) is 0 Å². The molecule has 0 radical (unpaired) electrons. The number of hydrogen-bond acceptors (Lipinski definition) is 2. The molecule has 0 atom stereocenters. The molecule has 0 aliphatic rings. The molecule has 2 rings (SSSR count). The number of carbonyl (C=O) groups excluding carboxylic acids is 1. The van der Waals surface area contributed by atoms with E-state index in [1.165, 1.54) is 12.1 Å². The van der Waals surface area contributed by atoms with Gasteiger partial charge in [0.1, 0.15) is 11.4 Å². The molecule has 2 aromatic carbocycles. The van der Waals surface area contributed by atoms with Gasteiger partial charge in [0.2, 0.25) is 0 Å². The first-order chi connectivity index (χ1) is 10.1. The van der Waals surface area contributed by atoms with Gasteiger partial charge in [0.05, 0.1) is 6.61 Å². The zero-order chi connectivity index (χ0) is 15.2. The van der Waals surface area contributed by atoms with E-state index in [1.54, 1.807) is 49.4 Å². The molecular weight excluding hydrogens is 291 g/mol. The molecule has 0 unspecified atom stereocenters. The van der Waals surface area contributed by atoms with Crippen LogP contribution in [0, 0.1) is 0 Å². The van der Waals surface area contributed by atoms with E-state index >= 15 is 0 Å². The van der Waals surface area contributed by atoms with Gasteiger partial charge in [0.15, 0.2) is 0 Å². The predicted octanol–water partition coefficient (Wildman–Crippen LogP) is 4.74. The van der Waals surface area contributed by atoms with Crippen LogP contribution in [0.25, 0.3) is 11.4 Å². The van der Waals surface area contributed by atoms with Crippen LogP contribution >= 0.6 is 11.6 Å². The van der Waals surface area contributed by atoms with Crippen LogP contribution in [0.15, 0.2) is 54.6 Å². The monoisotopic (exact) mass is 304 g/mol. The number of rotatable bonds is 4. The summed E-state index contributed by atoms with van der Waals surface area (Å²) in [5.41, 5.74) is 0.675. The van der Waals surface area contributed by atoms with Crippen molar-refractivity contribution in [3.05, 3.63) is 70.7 Å². The maximum atomic E-state index is 14.7. The normalized spacial score (nSPS) is 11.8. The molecule has 0 saturated heterocycles. The highest BCUT2D eigenvalue weighted by atomic mass is 35.5. The average molecular weight is 305 g/mol. The van der Waals surface area contributed by atoms with Crippen molar-refractivity contribution >= 4 is 29.0 Å². The molecule has 2 aromatic rings. The van der Waals surface area contributed by atoms with E-state index in [4.69, 9.17) is 16.3 Å². The van der Waals surface area contributed by atoms with Crippen molar-refractivity contribution < 1.29 is 13.9 Å². The molecule has 4 heteroatoms. The smallest absolute Gasteiger partial charge is 0.341 e. The second-order valence-corrected chi connectivity index (χ2v) is 4.72. The summed E-state index contributed by atoms with van der Waals surface area (Å²) >= 11 is 5.80. The third-order valence-electron chi connectivity index (χ3n) is 2.86. The minimum Gasteiger partial charge on any atom is -0.462 e. The first kappa shape index (κ1) is 15.3. The quantitative estimate of drug-likeness (QED) is 0.463. The maximum Gasteiger partial charge on any atom is 0.341 e. The lowest BCUT2D eigenvalue weighted by Crippen LogP contribution is -2.08. The first-order valence-corrected chi connectivity index (χ1v) is 6.89. The van der Waals surface area contributed by atoms with Gasteiger partial charge >= 0.3 is 5.97 Å². The van der Waals surface area contributed by atoms with Gasteiger partial charge in [-0.2, -0.15) is 0 Å². The van der Waals surface area contributed by atoms with Crippen LogP contribution in [0.5, 0.6) is 0 Å². The van der Waals surface area contributed by atoms with Gasteiger partial charge in [0.25, 0.3) is 0 Å². The molecule has 0 amide bonds. The van der Waals surface area contributed by atoms with E-state index < -0.39 is 11.8 Å². The second kappa shape index (κ2) is 7.04. The number of ether oxygens (including phenoxy) is 1. The standard InChI is InChI=1S/C17H14ClFO2/c1-2-21-17(20)15(12-6-4-3-5-7-12)16(19)13-8-10-14(18)11-9-13/h3-11H,2H2,1H3/b16-15+. The van der Waals surface area contributed by atoms with Gasteiger partial charge in [-0.05, 0) is 24.6 Å². The molecule has 2 nitrogen and oxygen atoms in total. The Morgan fingerprint density at radius 3 is 2.24 bits per heavy atom. The summed E-state index contributed by atoms with van der Waals surface area (Å²) in [6.45, 7) is 1.86. The fourth-order valence-corrected chi connectivity index (χ4v) is 2.01. The van der Waals surface area contributed by atoms with Gasteiger partial charge in [-0.3, -0.25) is 0 Å².